The summed E-state index contributed by atoms with van der Waals surface area (Å²) in [6, 6.07) is 47.4. The summed E-state index contributed by atoms with van der Waals surface area (Å²) < 4.78 is 0. The van der Waals surface area contributed by atoms with Crippen LogP contribution in [0.5, 0.6) is 0 Å². The van der Waals surface area contributed by atoms with Gasteiger partial charge in [0.2, 0.25) is 0 Å². The lowest BCUT2D eigenvalue weighted by molar-refractivity contribution is 0.523. The molecule has 1 unspecified atom stereocenters. The minimum Gasteiger partial charge on any atom is -0.364 e. The lowest BCUT2D eigenvalue weighted by Crippen LogP contribution is -2.35. The van der Waals surface area contributed by atoms with Gasteiger partial charge in [0, 0.05) is 0 Å². The van der Waals surface area contributed by atoms with Crippen LogP contribution in [0.4, 0.5) is 0 Å². The fraction of sp³-hybridized carbons (Fsp3) is 0.0488. The molecule has 2 aliphatic carbocycles. The first kappa shape index (κ1) is 24.0. The molecule has 0 radical (unpaired) electrons. The van der Waals surface area contributed by atoms with Crippen molar-refractivity contribution in [1.82, 2.24) is 10.6 Å². The Hall–Kier alpha value is -5.51. The van der Waals surface area contributed by atoms with Crippen LogP contribution in [0.3, 0.4) is 0 Å². The van der Waals surface area contributed by atoms with Crippen LogP contribution < -0.4 is 10.6 Å². The van der Waals surface area contributed by atoms with E-state index in [1.807, 2.05) is 6.34 Å². The molecule has 7 aromatic carbocycles. The minimum absolute atomic E-state index is 0.114. The summed E-state index contributed by atoms with van der Waals surface area (Å²) in [7, 11) is 0. The molecule has 3 heteroatoms. The highest BCUT2D eigenvalue weighted by Gasteiger charge is 2.25. The Labute approximate surface area is 255 Å². The summed E-state index contributed by atoms with van der Waals surface area (Å²) in [6.07, 6.45) is 1.71. The van der Waals surface area contributed by atoms with E-state index in [4.69, 9.17) is 4.99 Å². The van der Waals surface area contributed by atoms with Crippen LogP contribution in [0.25, 0.3) is 88.3 Å². The maximum atomic E-state index is 4.78. The zero-order valence-electron chi connectivity index (χ0n) is 23.9. The number of nitrogens with one attached hydrogen (secondary N) is 2. The molecule has 0 aromatic heterocycles. The molecule has 1 heterocycles. The molecule has 0 saturated carbocycles. The number of benzene rings is 7. The molecule has 0 fully saturated rings. The Kier molecular flexibility index (Phi) is 4.90. The van der Waals surface area contributed by atoms with Crippen LogP contribution in [0.1, 0.15) is 11.7 Å². The summed E-state index contributed by atoms with van der Waals surface area (Å²) in [5, 5.41) is 12.0. The molecule has 0 bridgehead atoms. The van der Waals surface area contributed by atoms with Crippen molar-refractivity contribution < 1.29 is 0 Å². The second-order valence-corrected chi connectivity index (χ2v) is 12.0. The highest BCUT2D eigenvalue weighted by molar-refractivity contribution is 6.20. The van der Waals surface area contributed by atoms with Gasteiger partial charge in [-0.05, 0) is 112 Å². The van der Waals surface area contributed by atoms with E-state index < -0.39 is 0 Å². The highest BCUT2D eigenvalue weighted by atomic mass is 15.2. The van der Waals surface area contributed by atoms with Crippen molar-refractivity contribution >= 4 is 27.9 Å². The Morgan fingerprint density at radius 2 is 0.909 bits per heavy atom. The average molecular weight is 562 g/mol. The third kappa shape index (κ3) is 3.27. The molecule has 0 amide bonds. The van der Waals surface area contributed by atoms with E-state index in [9.17, 15) is 0 Å². The SMILES string of the molecule is C1=NC(c2cc(-c3ccc4c5c(cccc35)-c3ccccc3-4)cc(-c3ccc4c5c(cccc35)-c3ccccc3-4)c2)NCN1. The van der Waals surface area contributed by atoms with E-state index >= 15 is 0 Å². The first-order chi connectivity index (χ1) is 21.8. The smallest absolute Gasteiger partial charge is 0.128 e. The Balaban J connectivity index is 1.22. The van der Waals surface area contributed by atoms with Gasteiger partial charge >= 0.3 is 0 Å². The van der Waals surface area contributed by atoms with Crippen LogP contribution in [0, 0.1) is 0 Å². The van der Waals surface area contributed by atoms with E-state index in [1.165, 1.54) is 88.3 Å². The lowest BCUT2D eigenvalue weighted by Gasteiger charge is -2.22. The van der Waals surface area contributed by atoms with Crippen LogP contribution in [-0.4, -0.2) is 13.0 Å². The topological polar surface area (TPSA) is 36.4 Å². The largest absolute Gasteiger partial charge is 0.364 e. The molecule has 3 nitrogen and oxygen atoms in total. The molecule has 2 N–H and O–H groups in total. The fourth-order valence-corrected chi connectivity index (χ4v) is 7.83. The van der Waals surface area contributed by atoms with Gasteiger partial charge in [0.15, 0.2) is 0 Å². The molecule has 3 aliphatic rings. The van der Waals surface area contributed by atoms with Gasteiger partial charge in [-0.3, -0.25) is 10.3 Å². The maximum absolute atomic E-state index is 4.78. The van der Waals surface area contributed by atoms with Crippen molar-refractivity contribution in [3.63, 3.8) is 0 Å². The Bertz CT molecular complexity index is 2170. The van der Waals surface area contributed by atoms with E-state index in [1.54, 1.807) is 0 Å². The summed E-state index contributed by atoms with van der Waals surface area (Å²) in [5.74, 6) is 0. The van der Waals surface area contributed by atoms with Crippen LogP contribution in [0.2, 0.25) is 0 Å². The molecule has 1 atom stereocenters. The molecule has 44 heavy (non-hydrogen) atoms. The third-order valence-electron chi connectivity index (χ3n) is 9.70. The van der Waals surface area contributed by atoms with Crippen LogP contribution >= 0.6 is 0 Å². The minimum atomic E-state index is -0.114. The number of aliphatic imine (C=N–C) groups is 1. The van der Waals surface area contributed by atoms with Gasteiger partial charge in [0.1, 0.15) is 6.17 Å². The van der Waals surface area contributed by atoms with Crippen molar-refractivity contribution in [2.45, 2.75) is 6.17 Å². The van der Waals surface area contributed by atoms with E-state index in [2.05, 4.69) is 138 Å². The molecule has 0 saturated heterocycles. The summed E-state index contributed by atoms with van der Waals surface area (Å²) in [5.41, 5.74) is 16.6. The molecule has 10 rings (SSSR count). The normalized spacial score (nSPS) is 15.4. The molecular formula is C41H27N3. The van der Waals surface area contributed by atoms with Gasteiger partial charge in [-0.15, -0.1) is 0 Å². The second-order valence-electron chi connectivity index (χ2n) is 12.0. The molecule has 0 spiro atoms. The third-order valence-corrected chi connectivity index (χ3v) is 9.70. The number of rotatable bonds is 3. The number of hydrogen-bond donors (Lipinski definition) is 2. The van der Waals surface area contributed by atoms with Crippen molar-refractivity contribution in [3.05, 3.63) is 133 Å². The van der Waals surface area contributed by atoms with Gasteiger partial charge in [0.25, 0.3) is 0 Å². The number of nitrogens with zero attached hydrogens (tertiary/aromatic N) is 1. The van der Waals surface area contributed by atoms with Crippen molar-refractivity contribution in [2.24, 2.45) is 4.99 Å². The second kappa shape index (κ2) is 9.00. The van der Waals surface area contributed by atoms with Gasteiger partial charge in [-0.1, -0.05) is 109 Å². The van der Waals surface area contributed by atoms with Crippen molar-refractivity contribution in [1.29, 1.82) is 0 Å². The van der Waals surface area contributed by atoms with Crippen molar-refractivity contribution in [2.75, 3.05) is 6.67 Å². The highest BCUT2D eigenvalue weighted by Crippen LogP contribution is 2.51. The molecule has 206 valence electrons. The Morgan fingerprint density at radius 3 is 1.39 bits per heavy atom. The summed E-state index contributed by atoms with van der Waals surface area (Å²) >= 11 is 0. The van der Waals surface area contributed by atoms with Crippen LogP contribution in [0.15, 0.2) is 132 Å². The standard InChI is InChI=1S/C41H27N3/c1-3-9-31-29(7-1)35-13-5-11-33-27(15-17-37(31)39(33)35)24-19-25(21-26(20-24)41-43-22-42-23-44-41)28-16-18-38-32-10-4-2-8-30(32)36-14-6-12-34(28)40(36)38/h1-22,41,44H,23H2,(H,42,43). The quantitative estimate of drug-likeness (QED) is 0.225. The van der Waals surface area contributed by atoms with Crippen LogP contribution in [-0.2, 0) is 0 Å². The number of fused-ring (bicyclic) bond motifs is 6. The monoisotopic (exact) mass is 561 g/mol. The maximum Gasteiger partial charge on any atom is 0.128 e. The first-order valence-electron chi connectivity index (χ1n) is 15.3. The van der Waals surface area contributed by atoms with Gasteiger partial charge in [-0.25, -0.2) is 0 Å². The zero-order chi connectivity index (χ0) is 28.8. The molecular weight excluding hydrogens is 534 g/mol. The van der Waals surface area contributed by atoms with Crippen molar-refractivity contribution in [3.8, 4) is 66.8 Å². The summed E-state index contributed by atoms with van der Waals surface area (Å²) in [6.45, 7) is 0.687. The van der Waals surface area contributed by atoms with Gasteiger partial charge < -0.3 is 5.32 Å². The lowest BCUT2D eigenvalue weighted by atomic mass is 9.89. The molecule has 1 aliphatic heterocycles. The first-order valence-corrected chi connectivity index (χ1v) is 15.3. The van der Waals surface area contributed by atoms with E-state index in [-0.39, 0.29) is 6.17 Å². The number of hydrogen-bond acceptors (Lipinski definition) is 3. The predicted molar refractivity (Wildman–Crippen MR) is 184 cm³/mol. The van der Waals surface area contributed by atoms with Gasteiger partial charge in [-0.2, -0.15) is 0 Å². The van der Waals surface area contributed by atoms with E-state index in [0.29, 0.717) is 6.67 Å². The zero-order valence-corrected chi connectivity index (χ0v) is 23.9. The predicted octanol–water partition coefficient (Wildman–Crippen LogP) is 9.80. The molecule has 7 aromatic rings. The Morgan fingerprint density at radius 1 is 0.455 bits per heavy atom. The van der Waals surface area contributed by atoms with E-state index in [0.717, 1.165) is 5.56 Å². The summed E-state index contributed by atoms with van der Waals surface area (Å²) in [4.78, 5) is 4.78. The fourth-order valence-electron chi connectivity index (χ4n) is 7.83. The van der Waals surface area contributed by atoms with Gasteiger partial charge in [0.05, 0.1) is 13.0 Å². The average Bonchev–Trinajstić information content (AvgIpc) is 3.60.